The van der Waals surface area contributed by atoms with Gasteiger partial charge in [-0.3, -0.25) is 9.59 Å². The van der Waals surface area contributed by atoms with Crippen LogP contribution in [-0.2, 0) is 14.3 Å². The van der Waals surface area contributed by atoms with Crippen molar-refractivity contribution in [2.45, 2.75) is 13.3 Å². The number of ether oxygens (including phenoxy) is 1. The van der Waals surface area contributed by atoms with Crippen molar-refractivity contribution in [3.8, 4) is 0 Å². The molecule has 0 heterocycles. The molecule has 0 aliphatic rings. The minimum absolute atomic E-state index is 0.134. The number of rotatable bonds is 7. The average molecular weight is 328 g/mol. The number of carbonyl (C=O) groups is 3. The molecule has 0 radical (unpaired) electrons. The summed E-state index contributed by atoms with van der Waals surface area (Å²) in [5.41, 5.74) is 0.404. The fourth-order valence-electron chi connectivity index (χ4n) is 2.17. The summed E-state index contributed by atoms with van der Waals surface area (Å²) in [5, 5.41) is 6.73. The predicted octanol–water partition coefficient (Wildman–Crippen LogP) is 1.64. The zero-order valence-corrected chi connectivity index (χ0v) is 13.5. The molecule has 0 atom stereocenters. The van der Waals surface area contributed by atoms with E-state index in [1.165, 1.54) is 0 Å². The van der Waals surface area contributed by atoms with Gasteiger partial charge >= 0.3 is 5.97 Å². The van der Waals surface area contributed by atoms with Crippen LogP contribution in [0.2, 0.25) is 0 Å². The van der Waals surface area contributed by atoms with E-state index in [9.17, 15) is 14.4 Å². The maximum absolute atomic E-state index is 12.2. The normalized spacial score (nSPS) is 10.2. The zero-order chi connectivity index (χ0) is 17.4. The van der Waals surface area contributed by atoms with E-state index in [1.54, 1.807) is 12.1 Å². The molecule has 2 N–H and O–H groups in total. The van der Waals surface area contributed by atoms with Gasteiger partial charge < -0.3 is 15.4 Å². The van der Waals surface area contributed by atoms with Crippen LogP contribution < -0.4 is 10.6 Å². The minimum atomic E-state index is -0.572. The molecule has 126 valence electrons. The number of benzene rings is 2. The van der Waals surface area contributed by atoms with Gasteiger partial charge in [0.1, 0.15) is 0 Å². The van der Waals surface area contributed by atoms with Crippen molar-refractivity contribution in [1.82, 2.24) is 10.6 Å². The van der Waals surface area contributed by atoms with Crippen molar-refractivity contribution in [1.29, 1.82) is 0 Å². The van der Waals surface area contributed by atoms with Crippen LogP contribution in [0.5, 0.6) is 0 Å². The van der Waals surface area contributed by atoms with Crippen LogP contribution in [0, 0.1) is 0 Å². The van der Waals surface area contributed by atoms with Crippen LogP contribution in [0.1, 0.15) is 23.7 Å². The van der Waals surface area contributed by atoms with Crippen molar-refractivity contribution in [2.24, 2.45) is 0 Å². The predicted molar refractivity (Wildman–Crippen MR) is 90.5 cm³/mol. The maximum atomic E-state index is 12.2. The van der Waals surface area contributed by atoms with Crippen LogP contribution in [-0.4, -0.2) is 37.5 Å². The first-order chi connectivity index (χ1) is 11.6. The molecule has 6 nitrogen and oxygen atoms in total. The van der Waals surface area contributed by atoms with Crippen molar-refractivity contribution in [3.05, 3.63) is 48.0 Å². The molecule has 24 heavy (non-hydrogen) atoms. The van der Waals surface area contributed by atoms with Crippen LogP contribution in [0.25, 0.3) is 10.8 Å². The first kappa shape index (κ1) is 17.5. The average Bonchev–Trinajstić information content (AvgIpc) is 2.62. The number of esters is 1. The summed E-state index contributed by atoms with van der Waals surface area (Å²) < 4.78 is 5.03. The van der Waals surface area contributed by atoms with Gasteiger partial charge in [0, 0.05) is 6.54 Å². The molecule has 2 aromatic rings. The Morgan fingerprint density at radius 1 is 0.958 bits per heavy atom. The molecule has 0 spiro atoms. The van der Waals surface area contributed by atoms with E-state index in [0.29, 0.717) is 12.1 Å². The van der Waals surface area contributed by atoms with Gasteiger partial charge in [0.15, 0.2) is 6.61 Å². The summed E-state index contributed by atoms with van der Waals surface area (Å²) in [6.07, 6.45) is 0.822. The van der Waals surface area contributed by atoms with E-state index >= 15 is 0 Å². The first-order valence-corrected chi connectivity index (χ1v) is 7.80. The molecule has 0 fully saturated rings. The third kappa shape index (κ3) is 4.81. The van der Waals surface area contributed by atoms with Crippen molar-refractivity contribution in [3.63, 3.8) is 0 Å². The summed E-state index contributed by atoms with van der Waals surface area (Å²) in [7, 11) is 0. The number of fused-ring (bicyclic) bond motifs is 1. The highest BCUT2D eigenvalue weighted by molar-refractivity contribution is 6.04. The van der Waals surface area contributed by atoms with Gasteiger partial charge in [0.2, 0.25) is 5.91 Å². The standard InChI is InChI=1S/C18H20N2O4/c1-2-10-19-16(21)11-20-17(22)12-24-18(23)15-9-5-7-13-6-3-4-8-14(13)15/h3-9H,2,10-12H2,1H3,(H,19,21)(H,20,22). The largest absolute Gasteiger partial charge is 0.452 e. The molecule has 2 rings (SSSR count). The second-order valence-corrected chi connectivity index (χ2v) is 5.23. The fourth-order valence-corrected chi connectivity index (χ4v) is 2.17. The van der Waals surface area contributed by atoms with Gasteiger partial charge in [-0.2, -0.15) is 0 Å². The molecule has 0 aliphatic carbocycles. The Morgan fingerprint density at radius 3 is 2.50 bits per heavy atom. The minimum Gasteiger partial charge on any atom is -0.452 e. The van der Waals surface area contributed by atoms with Crippen molar-refractivity contribution < 1.29 is 19.1 Å². The van der Waals surface area contributed by atoms with E-state index in [2.05, 4.69) is 10.6 Å². The smallest absolute Gasteiger partial charge is 0.339 e. The van der Waals surface area contributed by atoms with E-state index in [0.717, 1.165) is 17.2 Å². The Kier molecular flexibility index (Phi) is 6.31. The van der Waals surface area contributed by atoms with Crippen LogP contribution in [0.15, 0.2) is 42.5 Å². The van der Waals surface area contributed by atoms with E-state index < -0.39 is 18.5 Å². The fraction of sp³-hybridized carbons (Fsp3) is 0.278. The number of carbonyl (C=O) groups excluding carboxylic acids is 3. The van der Waals surface area contributed by atoms with E-state index in [1.807, 2.05) is 37.3 Å². The highest BCUT2D eigenvalue weighted by atomic mass is 16.5. The van der Waals surface area contributed by atoms with E-state index in [-0.39, 0.29) is 12.5 Å². The lowest BCUT2D eigenvalue weighted by molar-refractivity contribution is -0.127. The van der Waals surface area contributed by atoms with Crippen LogP contribution in [0.4, 0.5) is 0 Å². The second-order valence-electron chi connectivity index (χ2n) is 5.23. The highest BCUT2D eigenvalue weighted by Gasteiger charge is 2.13. The summed E-state index contributed by atoms with van der Waals surface area (Å²) in [5.74, 6) is -1.36. The lowest BCUT2D eigenvalue weighted by Gasteiger charge is -2.08. The lowest BCUT2D eigenvalue weighted by Crippen LogP contribution is -2.38. The molecule has 0 bridgehead atoms. The monoisotopic (exact) mass is 328 g/mol. The number of amides is 2. The quantitative estimate of drug-likeness (QED) is 0.757. The Hall–Kier alpha value is -2.89. The Morgan fingerprint density at radius 2 is 1.71 bits per heavy atom. The van der Waals surface area contributed by atoms with E-state index in [4.69, 9.17) is 4.74 Å². The van der Waals surface area contributed by atoms with Crippen molar-refractivity contribution >= 4 is 28.6 Å². The van der Waals surface area contributed by atoms with Crippen LogP contribution in [0.3, 0.4) is 0 Å². The third-order valence-electron chi connectivity index (χ3n) is 3.36. The van der Waals surface area contributed by atoms with Gasteiger partial charge in [0.05, 0.1) is 12.1 Å². The molecule has 0 unspecified atom stereocenters. The number of hydrogen-bond donors (Lipinski definition) is 2. The van der Waals surface area contributed by atoms with Gasteiger partial charge in [0.25, 0.3) is 5.91 Å². The highest BCUT2D eigenvalue weighted by Crippen LogP contribution is 2.19. The molecule has 6 heteroatoms. The zero-order valence-electron chi connectivity index (χ0n) is 13.5. The maximum Gasteiger partial charge on any atom is 0.339 e. The molecular formula is C18H20N2O4. The van der Waals surface area contributed by atoms with Crippen molar-refractivity contribution in [2.75, 3.05) is 19.7 Å². The second kappa shape index (κ2) is 8.67. The summed E-state index contributed by atoms with van der Waals surface area (Å²) >= 11 is 0. The van der Waals surface area contributed by atoms with Gasteiger partial charge in [-0.1, -0.05) is 43.3 Å². The van der Waals surface area contributed by atoms with Gasteiger partial charge in [-0.15, -0.1) is 0 Å². The summed E-state index contributed by atoms with van der Waals surface area (Å²) in [6, 6.07) is 12.7. The molecular weight excluding hydrogens is 308 g/mol. The molecule has 0 saturated carbocycles. The molecule has 2 aromatic carbocycles. The molecule has 0 saturated heterocycles. The topological polar surface area (TPSA) is 84.5 Å². The van der Waals surface area contributed by atoms with Crippen LogP contribution >= 0.6 is 0 Å². The van der Waals surface area contributed by atoms with Gasteiger partial charge in [-0.25, -0.2) is 4.79 Å². The molecule has 0 aromatic heterocycles. The lowest BCUT2D eigenvalue weighted by atomic mass is 10.1. The SMILES string of the molecule is CCCNC(=O)CNC(=O)COC(=O)c1cccc2ccccc12. The summed E-state index contributed by atoms with van der Waals surface area (Å²) in [4.78, 5) is 35.2. The summed E-state index contributed by atoms with van der Waals surface area (Å²) in [6.45, 7) is 1.93. The van der Waals surface area contributed by atoms with Gasteiger partial charge in [-0.05, 0) is 23.3 Å². The Balaban J connectivity index is 1.86. The first-order valence-electron chi connectivity index (χ1n) is 7.80. The number of hydrogen-bond acceptors (Lipinski definition) is 4. The molecule has 0 aliphatic heterocycles. The number of nitrogens with one attached hydrogen (secondary N) is 2. The third-order valence-corrected chi connectivity index (χ3v) is 3.36. The Labute approximate surface area is 140 Å². The Bertz CT molecular complexity index is 737. The molecule has 2 amide bonds.